The van der Waals surface area contributed by atoms with Crippen LogP contribution in [0.5, 0.6) is 5.75 Å². The molecule has 1 amide bonds. The van der Waals surface area contributed by atoms with Gasteiger partial charge in [0.1, 0.15) is 10.1 Å². The van der Waals surface area contributed by atoms with Crippen LogP contribution < -0.4 is 10.1 Å². The van der Waals surface area contributed by atoms with Gasteiger partial charge in [-0.15, -0.1) is 11.3 Å². The molecule has 1 N–H and O–H groups in total. The van der Waals surface area contributed by atoms with Crippen LogP contribution in [0.2, 0.25) is 0 Å². The molecule has 138 valence electrons. The number of rotatable bonds is 5. The Morgan fingerprint density at radius 1 is 1.26 bits per heavy atom. The zero-order valence-corrected chi connectivity index (χ0v) is 16.6. The number of aromatic nitrogens is 1. The van der Waals surface area contributed by atoms with Crippen LogP contribution in [0, 0.1) is 6.92 Å². The molecule has 4 rings (SSSR count). The van der Waals surface area contributed by atoms with Crippen molar-refractivity contribution in [2.24, 2.45) is 0 Å². The first kappa shape index (κ1) is 18.1. The Labute approximate surface area is 167 Å². The van der Waals surface area contributed by atoms with E-state index in [1.807, 2.05) is 55.5 Å². The number of para-hydroxylation sites is 1. The van der Waals surface area contributed by atoms with Gasteiger partial charge in [0.2, 0.25) is 0 Å². The highest BCUT2D eigenvalue weighted by molar-refractivity contribution is 8.00. The first-order chi connectivity index (χ1) is 13.2. The van der Waals surface area contributed by atoms with Gasteiger partial charge in [0.05, 0.1) is 12.6 Å². The smallest absolute Gasteiger partial charge is 0.251 e. The molecular formula is C21H20N2O2S2. The molecule has 1 aliphatic heterocycles. The molecule has 6 heteroatoms. The standard InChI is InChI=1S/C21H20N2O2S2/c1-14-12-26-21(22-14)27-13-15-6-8-16(9-7-15)20(24)23-18-10-11-25-19-5-3-2-4-17(18)19/h2-9,12,18H,10-11,13H2,1H3,(H,23,24)/t18-/m0/s1. The lowest BCUT2D eigenvalue weighted by Gasteiger charge is -2.26. The minimum Gasteiger partial charge on any atom is -0.493 e. The second-order valence-corrected chi connectivity index (χ2v) is 8.52. The lowest BCUT2D eigenvalue weighted by atomic mass is 10.00. The van der Waals surface area contributed by atoms with Crippen molar-refractivity contribution in [3.8, 4) is 5.75 Å². The van der Waals surface area contributed by atoms with Crippen LogP contribution in [0.1, 0.15) is 39.6 Å². The molecule has 1 atom stereocenters. The summed E-state index contributed by atoms with van der Waals surface area (Å²) < 4.78 is 6.74. The van der Waals surface area contributed by atoms with Crippen molar-refractivity contribution >= 4 is 29.0 Å². The predicted molar refractivity (Wildman–Crippen MR) is 110 cm³/mol. The van der Waals surface area contributed by atoms with Gasteiger partial charge in [-0.3, -0.25) is 4.79 Å². The minimum atomic E-state index is -0.0496. The number of hydrogen-bond acceptors (Lipinski definition) is 5. The van der Waals surface area contributed by atoms with Gasteiger partial charge in [0.25, 0.3) is 5.91 Å². The lowest BCUT2D eigenvalue weighted by molar-refractivity contribution is 0.0925. The highest BCUT2D eigenvalue weighted by Gasteiger charge is 2.23. The highest BCUT2D eigenvalue weighted by Crippen LogP contribution is 2.31. The van der Waals surface area contributed by atoms with Gasteiger partial charge in [-0.25, -0.2) is 4.98 Å². The molecule has 0 bridgehead atoms. The third-order valence-electron chi connectivity index (χ3n) is 4.44. The third kappa shape index (κ3) is 4.34. The summed E-state index contributed by atoms with van der Waals surface area (Å²) in [4.78, 5) is 17.1. The maximum Gasteiger partial charge on any atom is 0.251 e. The van der Waals surface area contributed by atoms with Gasteiger partial charge in [-0.1, -0.05) is 42.1 Å². The average molecular weight is 397 g/mol. The number of benzene rings is 2. The molecule has 0 saturated carbocycles. The summed E-state index contributed by atoms with van der Waals surface area (Å²) in [6.07, 6.45) is 0.782. The van der Waals surface area contributed by atoms with E-state index in [9.17, 15) is 4.79 Å². The fourth-order valence-electron chi connectivity index (χ4n) is 3.03. The number of carbonyl (C=O) groups is 1. The fraction of sp³-hybridized carbons (Fsp3) is 0.238. The van der Waals surface area contributed by atoms with Gasteiger partial charge < -0.3 is 10.1 Å². The predicted octanol–water partition coefficient (Wildman–Crippen LogP) is 5.00. The number of hydrogen-bond donors (Lipinski definition) is 1. The molecule has 0 aliphatic carbocycles. The Bertz CT molecular complexity index is 937. The van der Waals surface area contributed by atoms with Crippen molar-refractivity contribution in [1.29, 1.82) is 0 Å². The largest absolute Gasteiger partial charge is 0.493 e. The number of amides is 1. The van der Waals surface area contributed by atoms with Gasteiger partial charge in [-0.2, -0.15) is 0 Å². The number of carbonyl (C=O) groups excluding carboxylic acids is 1. The lowest BCUT2D eigenvalue weighted by Crippen LogP contribution is -2.32. The molecule has 0 fully saturated rings. The summed E-state index contributed by atoms with van der Waals surface area (Å²) in [6.45, 7) is 2.62. The van der Waals surface area contributed by atoms with Crippen molar-refractivity contribution < 1.29 is 9.53 Å². The van der Waals surface area contributed by atoms with E-state index in [2.05, 4.69) is 15.7 Å². The molecule has 0 unspecified atom stereocenters. The summed E-state index contributed by atoms with van der Waals surface area (Å²) in [5.41, 5.74) is 3.96. The van der Waals surface area contributed by atoms with Crippen LogP contribution in [0.25, 0.3) is 0 Å². The van der Waals surface area contributed by atoms with Crippen LogP contribution in [0.15, 0.2) is 58.3 Å². The van der Waals surface area contributed by atoms with E-state index in [0.29, 0.717) is 12.2 Å². The molecule has 3 aromatic rings. The van der Waals surface area contributed by atoms with E-state index in [4.69, 9.17) is 4.74 Å². The van der Waals surface area contributed by atoms with Crippen molar-refractivity contribution in [3.05, 3.63) is 76.3 Å². The number of fused-ring (bicyclic) bond motifs is 1. The number of ether oxygens (including phenoxy) is 1. The molecule has 1 aromatic heterocycles. The highest BCUT2D eigenvalue weighted by atomic mass is 32.2. The zero-order chi connectivity index (χ0) is 18.6. The molecule has 27 heavy (non-hydrogen) atoms. The maximum absolute atomic E-state index is 12.7. The first-order valence-electron chi connectivity index (χ1n) is 8.85. The fourth-order valence-corrected chi connectivity index (χ4v) is 4.83. The number of thioether (sulfide) groups is 1. The van der Waals surface area contributed by atoms with Crippen LogP contribution in [0.4, 0.5) is 0 Å². The Kier molecular flexibility index (Phi) is 5.45. The van der Waals surface area contributed by atoms with E-state index in [1.165, 1.54) is 5.56 Å². The molecule has 0 radical (unpaired) electrons. The Morgan fingerprint density at radius 2 is 2.07 bits per heavy atom. The topological polar surface area (TPSA) is 51.2 Å². The van der Waals surface area contributed by atoms with Crippen molar-refractivity contribution in [1.82, 2.24) is 10.3 Å². The first-order valence-corrected chi connectivity index (χ1v) is 10.7. The van der Waals surface area contributed by atoms with Gasteiger partial charge in [0.15, 0.2) is 0 Å². The molecule has 0 saturated heterocycles. The van der Waals surface area contributed by atoms with E-state index in [0.717, 1.165) is 33.5 Å². The normalized spacial score (nSPS) is 15.7. The van der Waals surface area contributed by atoms with Crippen LogP contribution in [0.3, 0.4) is 0 Å². The summed E-state index contributed by atoms with van der Waals surface area (Å²) in [5.74, 6) is 1.66. The summed E-state index contributed by atoms with van der Waals surface area (Å²) in [7, 11) is 0. The van der Waals surface area contributed by atoms with Crippen LogP contribution >= 0.6 is 23.1 Å². The number of nitrogens with zero attached hydrogens (tertiary/aromatic N) is 1. The van der Waals surface area contributed by atoms with Gasteiger partial charge in [0, 0.05) is 34.4 Å². The SMILES string of the molecule is Cc1csc(SCc2ccc(C(=O)N[C@H]3CCOc4ccccc43)cc2)n1. The van der Waals surface area contributed by atoms with E-state index < -0.39 is 0 Å². The Hall–Kier alpha value is -2.31. The van der Waals surface area contributed by atoms with Crippen molar-refractivity contribution in [2.45, 2.75) is 29.5 Å². The average Bonchev–Trinajstić information content (AvgIpc) is 3.12. The molecule has 0 spiro atoms. The molecular weight excluding hydrogens is 376 g/mol. The molecule has 2 aromatic carbocycles. The number of aryl methyl sites for hydroxylation is 1. The number of thiazole rings is 1. The monoisotopic (exact) mass is 396 g/mol. The van der Waals surface area contributed by atoms with E-state index in [1.54, 1.807) is 23.1 Å². The summed E-state index contributed by atoms with van der Waals surface area (Å²) in [5, 5.41) is 5.20. The van der Waals surface area contributed by atoms with Crippen LogP contribution in [-0.2, 0) is 5.75 Å². The summed E-state index contributed by atoms with van der Waals surface area (Å²) >= 11 is 3.39. The van der Waals surface area contributed by atoms with Crippen molar-refractivity contribution in [3.63, 3.8) is 0 Å². The quantitative estimate of drug-likeness (QED) is 0.617. The zero-order valence-electron chi connectivity index (χ0n) is 15.0. The Balaban J connectivity index is 1.38. The maximum atomic E-state index is 12.7. The molecule has 4 nitrogen and oxygen atoms in total. The van der Waals surface area contributed by atoms with E-state index >= 15 is 0 Å². The molecule has 2 heterocycles. The second-order valence-electron chi connectivity index (χ2n) is 6.44. The van der Waals surface area contributed by atoms with E-state index in [-0.39, 0.29) is 11.9 Å². The second kappa shape index (κ2) is 8.15. The Morgan fingerprint density at radius 3 is 2.85 bits per heavy atom. The van der Waals surface area contributed by atoms with Gasteiger partial charge >= 0.3 is 0 Å². The molecule has 1 aliphatic rings. The van der Waals surface area contributed by atoms with Gasteiger partial charge in [-0.05, 0) is 30.7 Å². The summed E-state index contributed by atoms with van der Waals surface area (Å²) in [6, 6.07) is 15.7. The third-order valence-corrected chi connectivity index (χ3v) is 6.65. The minimum absolute atomic E-state index is 0.00850. The number of nitrogens with one attached hydrogen (secondary N) is 1. The van der Waals surface area contributed by atoms with Crippen LogP contribution in [-0.4, -0.2) is 17.5 Å². The van der Waals surface area contributed by atoms with Crippen molar-refractivity contribution in [2.75, 3.05) is 6.61 Å².